The highest BCUT2D eigenvalue weighted by Crippen LogP contribution is 1.99. The smallest absolute Gasteiger partial charge is 0.237 e. The Hall–Kier alpha value is -0.330. The largest absolute Gasteiger partial charge is 0.339 e. The quantitative estimate of drug-likeness (QED) is 0.759. The highest BCUT2D eigenvalue weighted by atomic mass is 35.5. The molecule has 0 radical (unpaired) electrons. The van der Waals surface area contributed by atoms with Gasteiger partial charge in [-0.25, -0.2) is 8.42 Å². The Morgan fingerprint density at radius 3 is 2.38 bits per heavy atom. The predicted molar refractivity (Wildman–Crippen MR) is 65.6 cm³/mol. The molecule has 0 aromatic rings. The van der Waals surface area contributed by atoms with Crippen molar-refractivity contribution in [3.63, 3.8) is 0 Å². The van der Waals surface area contributed by atoms with E-state index in [0.717, 1.165) is 13.1 Å². The topological polar surface area (TPSA) is 66.5 Å². The molecule has 1 aliphatic heterocycles. The van der Waals surface area contributed by atoms with E-state index in [1.54, 1.807) is 11.8 Å². The van der Waals surface area contributed by atoms with Gasteiger partial charge in [0, 0.05) is 26.2 Å². The molecule has 5 nitrogen and oxygen atoms in total. The summed E-state index contributed by atoms with van der Waals surface area (Å²) in [7, 11) is -3.19. The summed E-state index contributed by atoms with van der Waals surface area (Å²) in [5, 5.41) is 3.11. The molecule has 1 fully saturated rings. The van der Waals surface area contributed by atoms with Gasteiger partial charge in [0.15, 0.2) is 9.84 Å². The SMILES string of the molecule is CCCS(=O)(=O)CC(=O)N1CCNCC1.Cl. The van der Waals surface area contributed by atoms with E-state index in [4.69, 9.17) is 0 Å². The summed E-state index contributed by atoms with van der Waals surface area (Å²) < 4.78 is 22.8. The molecular weight excluding hydrogens is 252 g/mol. The lowest BCUT2D eigenvalue weighted by Gasteiger charge is -2.27. The number of sulfone groups is 1. The summed E-state index contributed by atoms with van der Waals surface area (Å²) >= 11 is 0. The number of nitrogens with one attached hydrogen (secondary N) is 1. The minimum absolute atomic E-state index is 0. The van der Waals surface area contributed by atoms with Crippen molar-refractivity contribution >= 4 is 28.2 Å². The Labute approximate surface area is 103 Å². The standard InChI is InChI=1S/C9H18N2O3S.ClH/c1-2-7-15(13,14)8-9(12)11-5-3-10-4-6-11;/h10H,2-8H2,1H3;1H. The van der Waals surface area contributed by atoms with Crippen LogP contribution in [0.25, 0.3) is 0 Å². The number of hydrogen-bond donors (Lipinski definition) is 1. The Bertz CT molecular complexity index is 313. The van der Waals surface area contributed by atoms with Crippen LogP contribution in [0.15, 0.2) is 0 Å². The van der Waals surface area contributed by atoms with E-state index >= 15 is 0 Å². The summed E-state index contributed by atoms with van der Waals surface area (Å²) in [6.45, 7) is 4.52. The minimum Gasteiger partial charge on any atom is -0.339 e. The lowest BCUT2D eigenvalue weighted by molar-refractivity contribution is -0.128. The molecule has 1 rings (SSSR count). The maximum atomic E-state index is 11.6. The van der Waals surface area contributed by atoms with Crippen molar-refractivity contribution in [3.8, 4) is 0 Å². The molecule has 0 aliphatic carbocycles. The van der Waals surface area contributed by atoms with Gasteiger partial charge in [0.1, 0.15) is 5.75 Å². The maximum absolute atomic E-state index is 11.6. The number of nitrogens with zero attached hydrogens (tertiary/aromatic N) is 1. The molecule has 0 unspecified atom stereocenters. The Balaban J connectivity index is 0.00000225. The monoisotopic (exact) mass is 270 g/mol. The first-order chi connectivity index (χ1) is 7.05. The Kier molecular flexibility index (Phi) is 6.94. The zero-order valence-electron chi connectivity index (χ0n) is 9.44. The molecular formula is C9H19ClN2O3S. The third kappa shape index (κ3) is 5.14. The number of piperazine rings is 1. The van der Waals surface area contributed by atoms with Crippen LogP contribution in [0.5, 0.6) is 0 Å². The van der Waals surface area contributed by atoms with Crippen LogP contribution in [-0.4, -0.2) is 56.9 Å². The van der Waals surface area contributed by atoms with Gasteiger partial charge in [-0.15, -0.1) is 12.4 Å². The van der Waals surface area contributed by atoms with Crippen molar-refractivity contribution in [2.24, 2.45) is 0 Å². The molecule has 0 saturated carbocycles. The van der Waals surface area contributed by atoms with Crippen molar-refractivity contribution in [3.05, 3.63) is 0 Å². The van der Waals surface area contributed by atoms with E-state index in [2.05, 4.69) is 5.32 Å². The van der Waals surface area contributed by atoms with Gasteiger partial charge in [0.25, 0.3) is 0 Å². The second kappa shape index (κ2) is 7.09. The van der Waals surface area contributed by atoms with Gasteiger partial charge in [-0.3, -0.25) is 4.79 Å². The van der Waals surface area contributed by atoms with Gasteiger partial charge < -0.3 is 10.2 Å². The normalized spacial score (nSPS) is 16.7. The van der Waals surface area contributed by atoms with E-state index in [1.165, 1.54) is 0 Å². The average molecular weight is 271 g/mol. The molecule has 96 valence electrons. The molecule has 16 heavy (non-hydrogen) atoms. The summed E-state index contributed by atoms with van der Waals surface area (Å²) in [5.74, 6) is -0.490. The summed E-state index contributed by atoms with van der Waals surface area (Å²) in [6.07, 6.45) is 0.567. The van der Waals surface area contributed by atoms with Crippen LogP contribution in [-0.2, 0) is 14.6 Å². The number of halogens is 1. The fourth-order valence-corrected chi connectivity index (χ4v) is 2.90. The lowest BCUT2D eigenvalue weighted by atomic mass is 10.3. The maximum Gasteiger partial charge on any atom is 0.237 e. The van der Waals surface area contributed by atoms with Gasteiger partial charge in [0.05, 0.1) is 5.75 Å². The predicted octanol–water partition coefficient (Wildman–Crippen LogP) is -0.335. The van der Waals surface area contributed by atoms with E-state index in [1.807, 2.05) is 0 Å². The first-order valence-corrected chi connectivity index (χ1v) is 7.06. The van der Waals surface area contributed by atoms with Gasteiger partial charge in [-0.2, -0.15) is 0 Å². The number of rotatable bonds is 4. The van der Waals surface area contributed by atoms with Crippen LogP contribution in [0.4, 0.5) is 0 Å². The van der Waals surface area contributed by atoms with Crippen LogP contribution in [0.3, 0.4) is 0 Å². The highest BCUT2D eigenvalue weighted by molar-refractivity contribution is 7.92. The third-order valence-corrected chi connectivity index (χ3v) is 4.05. The molecule has 0 spiro atoms. The lowest BCUT2D eigenvalue weighted by Crippen LogP contribution is -2.48. The highest BCUT2D eigenvalue weighted by Gasteiger charge is 2.22. The van der Waals surface area contributed by atoms with Crippen molar-refractivity contribution in [1.82, 2.24) is 10.2 Å². The average Bonchev–Trinajstić information content (AvgIpc) is 2.18. The number of hydrogen-bond acceptors (Lipinski definition) is 4. The second-order valence-corrected chi connectivity index (χ2v) is 5.91. The summed E-state index contributed by atoms with van der Waals surface area (Å²) in [5.41, 5.74) is 0. The van der Waals surface area contributed by atoms with Crippen LogP contribution in [0.2, 0.25) is 0 Å². The van der Waals surface area contributed by atoms with Crippen molar-refractivity contribution in [2.75, 3.05) is 37.7 Å². The van der Waals surface area contributed by atoms with Crippen molar-refractivity contribution in [2.45, 2.75) is 13.3 Å². The molecule has 0 aromatic carbocycles. The third-order valence-electron chi connectivity index (χ3n) is 2.33. The van der Waals surface area contributed by atoms with Crippen LogP contribution in [0, 0.1) is 0 Å². The molecule has 1 aliphatic rings. The Morgan fingerprint density at radius 1 is 1.31 bits per heavy atom. The number of carbonyl (C=O) groups is 1. The molecule has 1 saturated heterocycles. The van der Waals surface area contributed by atoms with E-state index in [9.17, 15) is 13.2 Å². The molecule has 1 heterocycles. The van der Waals surface area contributed by atoms with E-state index in [0.29, 0.717) is 19.5 Å². The van der Waals surface area contributed by atoms with Crippen LogP contribution >= 0.6 is 12.4 Å². The van der Waals surface area contributed by atoms with Gasteiger partial charge in [-0.05, 0) is 6.42 Å². The number of amides is 1. The van der Waals surface area contributed by atoms with Crippen LogP contribution < -0.4 is 5.32 Å². The van der Waals surface area contributed by atoms with Crippen molar-refractivity contribution in [1.29, 1.82) is 0 Å². The van der Waals surface area contributed by atoms with Crippen molar-refractivity contribution < 1.29 is 13.2 Å². The second-order valence-electron chi connectivity index (χ2n) is 3.72. The molecule has 1 N–H and O–H groups in total. The van der Waals surface area contributed by atoms with E-state index < -0.39 is 9.84 Å². The van der Waals surface area contributed by atoms with Gasteiger partial charge >= 0.3 is 0 Å². The van der Waals surface area contributed by atoms with Gasteiger partial charge in [-0.1, -0.05) is 6.92 Å². The molecule has 7 heteroatoms. The summed E-state index contributed by atoms with van der Waals surface area (Å²) in [4.78, 5) is 13.2. The molecule has 1 amide bonds. The Morgan fingerprint density at radius 2 is 1.88 bits per heavy atom. The molecule has 0 bridgehead atoms. The fourth-order valence-electron chi connectivity index (χ4n) is 1.58. The first kappa shape index (κ1) is 15.7. The zero-order valence-corrected chi connectivity index (χ0v) is 11.1. The molecule has 0 atom stereocenters. The van der Waals surface area contributed by atoms with E-state index in [-0.39, 0.29) is 29.8 Å². The molecule has 0 aromatic heterocycles. The van der Waals surface area contributed by atoms with Crippen LogP contribution in [0.1, 0.15) is 13.3 Å². The summed E-state index contributed by atoms with van der Waals surface area (Å²) in [6, 6.07) is 0. The minimum atomic E-state index is -3.19. The zero-order chi connectivity index (χ0) is 11.3. The van der Waals surface area contributed by atoms with Gasteiger partial charge in [0.2, 0.25) is 5.91 Å². The first-order valence-electron chi connectivity index (χ1n) is 5.24. The fraction of sp³-hybridized carbons (Fsp3) is 0.889. The number of carbonyl (C=O) groups excluding carboxylic acids is 1.